The lowest BCUT2D eigenvalue weighted by atomic mass is 9.44. The number of allylic oxidation sites excluding steroid dienone is 1. The topological polar surface area (TPSA) is 179 Å². The summed E-state index contributed by atoms with van der Waals surface area (Å²) in [4.78, 5) is 47.0. The monoisotopic (exact) mass is 995 g/mol. The van der Waals surface area contributed by atoms with Gasteiger partial charge in [0.25, 0.3) is 11.4 Å². The van der Waals surface area contributed by atoms with E-state index < -0.39 is 61.5 Å². The number of ether oxygens (including phenoxy) is 2. The third kappa shape index (κ3) is 11.6. The van der Waals surface area contributed by atoms with Gasteiger partial charge in [-0.3, -0.25) is 20.2 Å². The van der Waals surface area contributed by atoms with Crippen LogP contribution in [0.1, 0.15) is 43.0 Å². The molecule has 2 N–H and O–H groups in total. The first-order chi connectivity index (χ1) is 34.8. The first-order valence-corrected chi connectivity index (χ1v) is 22.0. The molecule has 0 bridgehead atoms. The summed E-state index contributed by atoms with van der Waals surface area (Å²) in [6.07, 6.45) is 46.6. The van der Waals surface area contributed by atoms with Gasteiger partial charge in [-0.25, -0.2) is 9.59 Å². The van der Waals surface area contributed by atoms with Crippen molar-refractivity contribution in [2.24, 2.45) is 40.4 Å². The lowest BCUT2D eigenvalue weighted by Crippen LogP contribution is -2.54. The highest BCUT2D eigenvalue weighted by Crippen LogP contribution is 2.67. The third-order valence-corrected chi connectivity index (χ3v) is 12.3. The minimum absolute atomic E-state index is 0.0104. The summed E-state index contributed by atoms with van der Waals surface area (Å²) in [6, 6.07) is 15.4. The van der Waals surface area contributed by atoms with Crippen LogP contribution in [-0.2, 0) is 0 Å². The molecule has 4 fully saturated rings. The number of benzene rings is 4. The molecule has 0 amide bonds. The van der Waals surface area contributed by atoms with Gasteiger partial charge in [0.05, 0.1) is 19.9 Å². The number of nitrogens with zero attached hydrogens (tertiary/aromatic N) is 2. The van der Waals surface area contributed by atoms with Gasteiger partial charge in [-0.1, -0.05) is 47.5 Å². The van der Waals surface area contributed by atoms with Crippen LogP contribution in [0.5, 0.6) is 11.5 Å². The molecule has 0 heterocycles. The van der Waals surface area contributed by atoms with Gasteiger partial charge < -0.3 is 19.7 Å². The average Bonchev–Trinajstić information content (AvgIpc) is 3.71. The van der Waals surface area contributed by atoms with E-state index in [-0.39, 0.29) is 72.6 Å². The molecule has 0 aromatic heterocycles. The summed E-state index contributed by atoms with van der Waals surface area (Å²) >= 11 is 13.4. The quantitative estimate of drug-likeness (QED) is 0.0639. The maximum absolute atomic E-state index is 12.8. The smallest absolute Gasteiger partial charge is 0.339 e. The maximum atomic E-state index is 12.8. The molecule has 14 heteroatoms. The van der Waals surface area contributed by atoms with Crippen LogP contribution in [0.2, 0.25) is 10.0 Å². The van der Waals surface area contributed by atoms with Crippen LogP contribution in [0, 0.1) is 222 Å². The molecule has 4 aromatic carbocycles. The molecule has 0 saturated heterocycles. The highest BCUT2D eigenvalue weighted by atomic mass is 35.5. The fourth-order valence-corrected chi connectivity index (χ4v) is 8.70. The van der Waals surface area contributed by atoms with Gasteiger partial charge in [-0.2, -0.15) is 0 Å². The zero-order chi connectivity index (χ0) is 52.4. The number of nitro groups is 2. The van der Waals surface area contributed by atoms with E-state index in [2.05, 4.69) is 144 Å². The number of nitro benzene ring substituents is 2. The van der Waals surface area contributed by atoms with Crippen molar-refractivity contribution in [1.29, 1.82) is 0 Å². The highest BCUT2D eigenvalue weighted by molar-refractivity contribution is 6.33. The molecule has 0 unspecified atom stereocenters. The number of rotatable bonds is 20. The zero-order valence-electron chi connectivity index (χ0n) is 37.7. The number of hydrogen-bond acceptors (Lipinski definition) is 8. The Kier molecular flexibility index (Phi) is 16.6. The average molecular weight is 997 g/mol. The molecule has 4 aliphatic carbocycles. The summed E-state index contributed by atoms with van der Waals surface area (Å²) < 4.78 is 11.2. The van der Waals surface area contributed by atoms with Crippen LogP contribution in [0.3, 0.4) is 0 Å². The van der Waals surface area contributed by atoms with Crippen molar-refractivity contribution in [3.63, 3.8) is 0 Å². The molecule has 349 valence electrons. The van der Waals surface area contributed by atoms with E-state index in [0.717, 1.165) is 24.3 Å². The van der Waals surface area contributed by atoms with Crippen molar-refractivity contribution in [3.05, 3.63) is 298 Å². The second-order valence-electron chi connectivity index (χ2n) is 16.6. The Morgan fingerprint density at radius 3 is 1.82 bits per heavy atom. The van der Waals surface area contributed by atoms with Crippen molar-refractivity contribution in [3.8, 4) is 11.5 Å². The molecular formula is C59H29Cl2N2O10. The summed E-state index contributed by atoms with van der Waals surface area (Å²) in [7, 11) is 0. The minimum atomic E-state index is -1.51. The molecule has 0 aliphatic heterocycles. The first kappa shape index (κ1) is 53.8. The summed E-state index contributed by atoms with van der Waals surface area (Å²) in [6.45, 7) is 25.4. The molecule has 8 rings (SSSR count). The lowest BCUT2D eigenvalue weighted by Gasteiger charge is -2.59. The SMILES string of the molecule is [CH2][C]([CH2])[C][C][C][C]([CH2])[C@H]1[C][C][C@H]2[C@@H]3[C][C][C]4[C][C@@H]([C][C][C]=C(c5cc(Cl)c(O[C]c6cccc([N+](=O)[O-])c6)c(C(=O)O)c5)c5cc(Cl)c(O[C]c6cccc([N+](=O)[O-])c6)c(C(=O)O)c5)[C][C][C@]4([CH2])[C@H]3[C][C][C@]12[CH2]. The van der Waals surface area contributed by atoms with Gasteiger partial charge in [0.2, 0.25) is 13.2 Å². The molecule has 12 nitrogen and oxygen atoms in total. The van der Waals surface area contributed by atoms with Gasteiger partial charge >= 0.3 is 11.9 Å². The minimum Gasteiger partial charge on any atom is -0.478 e. The van der Waals surface area contributed by atoms with E-state index in [4.69, 9.17) is 32.7 Å². The van der Waals surface area contributed by atoms with Crippen LogP contribution in [-0.4, -0.2) is 32.0 Å². The lowest BCUT2D eigenvalue weighted by molar-refractivity contribution is -0.385. The van der Waals surface area contributed by atoms with Gasteiger partial charge in [0, 0.05) is 48.2 Å². The fraction of sp³-hybridized carbons (Fsp3) is 0.119. The number of non-ortho nitro benzene ring substituents is 2. The van der Waals surface area contributed by atoms with E-state index in [9.17, 15) is 40.0 Å². The molecule has 4 aromatic rings. The molecule has 4 saturated carbocycles. The van der Waals surface area contributed by atoms with Gasteiger partial charge in [0.1, 0.15) is 11.1 Å². The Labute approximate surface area is 439 Å². The van der Waals surface area contributed by atoms with E-state index in [0.29, 0.717) is 17.8 Å². The Hall–Kier alpha value is -5.46. The summed E-state index contributed by atoms with van der Waals surface area (Å²) in [5.74, 6) is -4.81. The normalized spacial score (nSPS) is 24.6. The van der Waals surface area contributed by atoms with Crippen molar-refractivity contribution in [2.45, 2.75) is 0 Å². The van der Waals surface area contributed by atoms with Crippen molar-refractivity contribution < 1.29 is 39.1 Å². The van der Waals surface area contributed by atoms with Crippen LogP contribution >= 0.6 is 23.2 Å². The second kappa shape index (κ2) is 22.6. The van der Waals surface area contributed by atoms with Crippen molar-refractivity contribution >= 4 is 52.1 Å². The largest absolute Gasteiger partial charge is 0.478 e. The van der Waals surface area contributed by atoms with Gasteiger partial charge in [-0.05, 0) is 217 Å². The van der Waals surface area contributed by atoms with Crippen LogP contribution < -0.4 is 9.47 Å². The number of halogens is 2. The van der Waals surface area contributed by atoms with Crippen LogP contribution in [0.15, 0.2) is 72.8 Å². The van der Waals surface area contributed by atoms with Gasteiger partial charge in [0.15, 0.2) is 11.5 Å². The van der Waals surface area contributed by atoms with Gasteiger partial charge in [-0.15, -0.1) is 0 Å². The number of carboxylic acid groups (broad SMARTS) is 2. The summed E-state index contributed by atoms with van der Waals surface area (Å²) in [5, 5.41) is 43.0. The third-order valence-electron chi connectivity index (χ3n) is 11.7. The fourth-order valence-electron chi connectivity index (χ4n) is 8.18. The molecule has 7 atom stereocenters. The Morgan fingerprint density at radius 1 is 0.712 bits per heavy atom. The number of carbonyl (C=O) groups is 2. The number of carboxylic acids is 2. The molecule has 73 heavy (non-hydrogen) atoms. The Balaban J connectivity index is 1.04. The van der Waals surface area contributed by atoms with E-state index >= 15 is 0 Å². The van der Waals surface area contributed by atoms with Crippen LogP contribution in [0.25, 0.3) is 5.57 Å². The molecule has 0 spiro atoms. The molecular weight excluding hydrogens is 968 g/mol. The molecule has 41 radical (unpaired) electrons. The van der Waals surface area contributed by atoms with E-state index in [1.165, 1.54) is 48.5 Å². The zero-order valence-corrected chi connectivity index (χ0v) is 39.2. The van der Waals surface area contributed by atoms with E-state index in [1.54, 1.807) is 0 Å². The number of aromatic carboxylic acids is 2. The predicted octanol–water partition coefficient (Wildman–Crippen LogP) is 10.5. The van der Waals surface area contributed by atoms with Crippen LogP contribution in [0.4, 0.5) is 11.4 Å². The second-order valence-corrected chi connectivity index (χ2v) is 17.4. The number of fused-ring (bicyclic) bond motifs is 5. The van der Waals surface area contributed by atoms with Crippen molar-refractivity contribution in [2.75, 3.05) is 0 Å². The molecule has 4 aliphatic rings. The van der Waals surface area contributed by atoms with E-state index in [1.807, 2.05) is 0 Å². The number of hydrogen-bond donors (Lipinski definition) is 2. The Bertz CT molecular complexity index is 2630. The standard InChI is InChI=1S/C59H29Cl2N2O10/c1-35(2)10-6-11-36(3)49-20-21-50-46-19-18-42-26-37(22-24-58(42,4)51(46)23-25-59(49,50)5)12-9-17-45(40-29-47(56(64)65)54(52(60)31-40)72-33-38-13-7-15-43(27-38)62(68)69)41-30-48(57(66)67)55(53(61)32-41)73-34-39-14-8-16-44(28-39)63(70)71/h7-8,13-16,27-32,37,46,49-51H,1-5H2,(H,64,65)(H,66,67)/t37-,46-,49+,50-,51-,58-,59+/m0/s1. The predicted molar refractivity (Wildman–Crippen MR) is 259 cm³/mol. The maximum Gasteiger partial charge on any atom is 0.339 e. The Morgan fingerprint density at radius 2 is 1.29 bits per heavy atom. The first-order valence-electron chi connectivity index (χ1n) is 21.3. The summed E-state index contributed by atoms with van der Waals surface area (Å²) in [5.41, 5.74) is -3.24. The highest BCUT2D eigenvalue weighted by Gasteiger charge is 2.62. The van der Waals surface area contributed by atoms with Crippen molar-refractivity contribution in [1.82, 2.24) is 0 Å².